The normalized spacial score (nSPS) is 12.5. The van der Waals surface area contributed by atoms with E-state index in [0.717, 1.165) is 5.56 Å². The second kappa shape index (κ2) is 6.58. The van der Waals surface area contributed by atoms with E-state index < -0.39 is 0 Å². The summed E-state index contributed by atoms with van der Waals surface area (Å²) < 4.78 is 15.7. The van der Waals surface area contributed by atoms with E-state index >= 15 is 0 Å². The smallest absolute Gasteiger partial charge is 0.231 e. The summed E-state index contributed by atoms with van der Waals surface area (Å²) >= 11 is 0. The predicted octanol–water partition coefficient (Wildman–Crippen LogP) is 2.33. The molecule has 2 N–H and O–H groups in total. The first-order chi connectivity index (χ1) is 10.0. The Morgan fingerprint density at radius 2 is 1.90 bits per heavy atom. The molecule has 0 radical (unpaired) electrons. The third-order valence-corrected chi connectivity index (χ3v) is 3.30. The lowest BCUT2D eigenvalue weighted by Gasteiger charge is -2.09. The van der Waals surface area contributed by atoms with Crippen LogP contribution in [-0.2, 0) is 6.42 Å². The van der Waals surface area contributed by atoms with Crippen LogP contribution in [0.25, 0.3) is 0 Å². The topological polar surface area (TPSA) is 83.4 Å². The Morgan fingerprint density at radius 1 is 1.19 bits per heavy atom. The largest absolute Gasteiger partial charge is 0.493 e. The van der Waals surface area contributed by atoms with E-state index in [1.54, 1.807) is 14.2 Å². The molecule has 6 heteroatoms. The van der Waals surface area contributed by atoms with Crippen LogP contribution >= 0.6 is 0 Å². The van der Waals surface area contributed by atoms with Gasteiger partial charge in [0.15, 0.2) is 17.3 Å². The van der Waals surface area contributed by atoms with Gasteiger partial charge in [0.2, 0.25) is 5.89 Å². The van der Waals surface area contributed by atoms with Gasteiger partial charge in [-0.2, -0.15) is 4.98 Å². The third-order valence-electron chi connectivity index (χ3n) is 3.30. The van der Waals surface area contributed by atoms with Crippen molar-refractivity contribution >= 4 is 0 Å². The number of benzene rings is 1. The lowest BCUT2D eigenvalue weighted by molar-refractivity contribution is 0.353. The van der Waals surface area contributed by atoms with E-state index in [1.165, 1.54) is 0 Å². The van der Waals surface area contributed by atoms with Crippen LogP contribution < -0.4 is 15.2 Å². The molecule has 1 aromatic carbocycles. The SMILES string of the molecule is COc1ccc(Cc2nc(C(N)C(C)C)no2)cc1OC. The highest BCUT2D eigenvalue weighted by molar-refractivity contribution is 5.43. The molecule has 114 valence electrons. The van der Waals surface area contributed by atoms with Crippen LogP contribution in [0.1, 0.15) is 37.2 Å². The van der Waals surface area contributed by atoms with Crippen LogP contribution in [0.15, 0.2) is 22.7 Å². The molecule has 0 aliphatic carbocycles. The summed E-state index contributed by atoms with van der Waals surface area (Å²) in [6.07, 6.45) is 0.526. The highest BCUT2D eigenvalue weighted by Crippen LogP contribution is 2.28. The molecule has 0 aliphatic heterocycles. The number of rotatable bonds is 6. The Morgan fingerprint density at radius 3 is 2.52 bits per heavy atom. The van der Waals surface area contributed by atoms with E-state index in [0.29, 0.717) is 29.6 Å². The third kappa shape index (κ3) is 3.52. The Hall–Kier alpha value is -2.08. The summed E-state index contributed by atoms with van der Waals surface area (Å²) in [6.45, 7) is 4.05. The van der Waals surface area contributed by atoms with Gasteiger partial charge in [-0.1, -0.05) is 25.1 Å². The second-order valence-corrected chi connectivity index (χ2v) is 5.18. The monoisotopic (exact) mass is 291 g/mol. The second-order valence-electron chi connectivity index (χ2n) is 5.18. The number of aromatic nitrogens is 2. The number of hydrogen-bond acceptors (Lipinski definition) is 6. The average Bonchev–Trinajstić information content (AvgIpc) is 2.94. The molecule has 1 atom stereocenters. The van der Waals surface area contributed by atoms with Gasteiger partial charge in [0, 0.05) is 0 Å². The van der Waals surface area contributed by atoms with Crippen molar-refractivity contribution in [2.24, 2.45) is 11.7 Å². The van der Waals surface area contributed by atoms with Crippen molar-refractivity contribution in [2.45, 2.75) is 26.3 Å². The fourth-order valence-corrected chi connectivity index (χ4v) is 1.94. The maximum atomic E-state index is 6.01. The Balaban J connectivity index is 2.15. The lowest BCUT2D eigenvalue weighted by atomic mass is 10.1. The van der Waals surface area contributed by atoms with Crippen LogP contribution in [0.4, 0.5) is 0 Å². The molecule has 0 saturated carbocycles. The van der Waals surface area contributed by atoms with Gasteiger partial charge in [-0.05, 0) is 23.6 Å². The minimum atomic E-state index is -0.215. The summed E-state index contributed by atoms with van der Waals surface area (Å²) in [7, 11) is 3.21. The first kappa shape index (κ1) is 15.3. The zero-order chi connectivity index (χ0) is 15.4. The zero-order valence-electron chi connectivity index (χ0n) is 12.8. The summed E-state index contributed by atoms with van der Waals surface area (Å²) in [4.78, 5) is 4.35. The van der Waals surface area contributed by atoms with Crippen LogP contribution in [0.2, 0.25) is 0 Å². The first-order valence-electron chi connectivity index (χ1n) is 6.84. The average molecular weight is 291 g/mol. The lowest BCUT2D eigenvalue weighted by Crippen LogP contribution is -2.18. The van der Waals surface area contributed by atoms with Crippen LogP contribution in [-0.4, -0.2) is 24.4 Å². The van der Waals surface area contributed by atoms with Crippen LogP contribution in [0.5, 0.6) is 11.5 Å². The standard InChI is InChI=1S/C15H21N3O3/c1-9(2)14(16)15-17-13(21-18-15)8-10-5-6-11(19-3)12(7-10)20-4/h5-7,9,14H,8,16H2,1-4H3. The highest BCUT2D eigenvalue weighted by atomic mass is 16.5. The number of hydrogen-bond donors (Lipinski definition) is 1. The van der Waals surface area contributed by atoms with E-state index in [1.807, 2.05) is 32.0 Å². The van der Waals surface area contributed by atoms with Gasteiger partial charge in [0.05, 0.1) is 26.7 Å². The van der Waals surface area contributed by atoms with E-state index in [4.69, 9.17) is 19.7 Å². The predicted molar refractivity (Wildman–Crippen MR) is 78.4 cm³/mol. The van der Waals surface area contributed by atoms with Crippen molar-refractivity contribution in [3.05, 3.63) is 35.5 Å². The van der Waals surface area contributed by atoms with Gasteiger partial charge in [0.1, 0.15) is 0 Å². The quantitative estimate of drug-likeness (QED) is 0.879. The van der Waals surface area contributed by atoms with Crippen molar-refractivity contribution < 1.29 is 14.0 Å². The molecule has 0 fully saturated rings. The molecule has 2 aromatic rings. The molecule has 1 aromatic heterocycles. The van der Waals surface area contributed by atoms with Gasteiger partial charge in [0.25, 0.3) is 0 Å². The number of nitrogens with two attached hydrogens (primary N) is 1. The van der Waals surface area contributed by atoms with Gasteiger partial charge >= 0.3 is 0 Å². The fourth-order valence-electron chi connectivity index (χ4n) is 1.94. The number of ether oxygens (including phenoxy) is 2. The van der Waals surface area contributed by atoms with E-state index in [9.17, 15) is 0 Å². The molecule has 0 amide bonds. The molecular weight excluding hydrogens is 270 g/mol. The molecule has 0 aliphatic rings. The van der Waals surface area contributed by atoms with Gasteiger partial charge in [-0.15, -0.1) is 0 Å². The zero-order valence-corrected chi connectivity index (χ0v) is 12.8. The minimum absolute atomic E-state index is 0.215. The van der Waals surface area contributed by atoms with E-state index in [2.05, 4.69) is 10.1 Å². The number of methoxy groups -OCH3 is 2. The Bertz CT molecular complexity index is 596. The Labute approximate surface area is 124 Å². The summed E-state index contributed by atoms with van der Waals surface area (Å²) in [5.74, 6) is 2.70. The molecule has 6 nitrogen and oxygen atoms in total. The van der Waals surface area contributed by atoms with Crippen molar-refractivity contribution in [1.29, 1.82) is 0 Å². The molecular formula is C15H21N3O3. The molecule has 0 saturated heterocycles. The van der Waals surface area contributed by atoms with Crippen molar-refractivity contribution in [1.82, 2.24) is 10.1 Å². The fraction of sp³-hybridized carbons (Fsp3) is 0.467. The van der Waals surface area contributed by atoms with E-state index in [-0.39, 0.29) is 12.0 Å². The summed E-state index contributed by atoms with van der Waals surface area (Å²) in [5, 5.41) is 3.94. The van der Waals surface area contributed by atoms with Gasteiger partial charge in [-0.3, -0.25) is 0 Å². The summed E-state index contributed by atoms with van der Waals surface area (Å²) in [6, 6.07) is 5.47. The molecule has 1 heterocycles. The van der Waals surface area contributed by atoms with Crippen molar-refractivity contribution in [3.63, 3.8) is 0 Å². The maximum absolute atomic E-state index is 6.01. The minimum Gasteiger partial charge on any atom is -0.493 e. The highest BCUT2D eigenvalue weighted by Gasteiger charge is 2.17. The number of nitrogens with zero attached hydrogens (tertiary/aromatic N) is 2. The maximum Gasteiger partial charge on any atom is 0.231 e. The first-order valence-corrected chi connectivity index (χ1v) is 6.84. The van der Waals surface area contributed by atoms with Crippen LogP contribution in [0, 0.1) is 5.92 Å². The summed E-state index contributed by atoms with van der Waals surface area (Å²) in [5.41, 5.74) is 7.01. The molecule has 2 rings (SSSR count). The Kier molecular flexibility index (Phi) is 4.80. The molecule has 0 spiro atoms. The molecule has 0 bridgehead atoms. The van der Waals surface area contributed by atoms with Crippen LogP contribution in [0.3, 0.4) is 0 Å². The van der Waals surface area contributed by atoms with Gasteiger partial charge < -0.3 is 19.7 Å². The van der Waals surface area contributed by atoms with Gasteiger partial charge in [-0.25, -0.2) is 0 Å². The molecule has 1 unspecified atom stereocenters. The molecule has 21 heavy (non-hydrogen) atoms. The van der Waals surface area contributed by atoms with Crippen molar-refractivity contribution in [3.8, 4) is 11.5 Å². The van der Waals surface area contributed by atoms with Crippen molar-refractivity contribution in [2.75, 3.05) is 14.2 Å².